The number of anilines is 1. The Balaban J connectivity index is 1.37. The largest absolute Gasteiger partial charge is 0.467 e. The molecule has 2 aromatic rings. The number of urea groups is 1. The van der Waals surface area contributed by atoms with Gasteiger partial charge in [0.15, 0.2) is 0 Å². The smallest absolute Gasteiger partial charge is 0.321 e. The van der Waals surface area contributed by atoms with Crippen molar-refractivity contribution in [3.63, 3.8) is 0 Å². The summed E-state index contributed by atoms with van der Waals surface area (Å²) in [5.41, 5.74) is 0.800. The summed E-state index contributed by atoms with van der Waals surface area (Å²) in [6.07, 6.45) is 6.22. The average Bonchev–Trinajstić information content (AvgIpc) is 3.50. The van der Waals surface area contributed by atoms with Crippen LogP contribution >= 0.6 is 0 Å². The minimum Gasteiger partial charge on any atom is -0.467 e. The molecule has 2 aliphatic rings. The second-order valence-corrected chi connectivity index (χ2v) is 8.58. The van der Waals surface area contributed by atoms with Crippen LogP contribution in [0.4, 0.5) is 10.5 Å². The molecule has 7 heteroatoms. The topological polar surface area (TPSA) is 69.0 Å². The van der Waals surface area contributed by atoms with Gasteiger partial charge in [0, 0.05) is 38.9 Å². The van der Waals surface area contributed by atoms with Crippen molar-refractivity contribution in [2.24, 2.45) is 5.92 Å². The van der Waals surface area contributed by atoms with Gasteiger partial charge >= 0.3 is 6.03 Å². The van der Waals surface area contributed by atoms with Gasteiger partial charge in [0.05, 0.1) is 18.8 Å². The zero-order valence-corrected chi connectivity index (χ0v) is 18.2. The summed E-state index contributed by atoms with van der Waals surface area (Å²) in [4.78, 5) is 32.0. The van der Waals surface area contributed by atoms with E-state index in [1.165, 1.54) is 12.8 Å². The molecule has 1 aromatic carbocycles. The highest BCUT2D eigenvalue weighted by atomic mass is 16.3. The lowest BCUT2D eigenvalue weighted by Gasteiger charge is -2.41. The van der Waals surface area contributed by atoms with Crippen molar-refractivity contribution in [3.05, 3.63) is 54.5 Å². The van der Waals surface area contributed by atoms with Crippen molar-refractivity contribution in [2.75, 3.05) is 38.5 Å². The summed E-state index contributed by atoms with van der Waals surface area (Å²) in [6, 6.07) is 13.1. The van der Waals surface area contributed by atoms with E-state index in [2.05, 4.69) is 10.2 Å². The van der Waals surface area contributed by atoms with E-state index in [-0.39, 0.29) is 18.0 Å². The zero-order valence-electron chi connectivity index (χ0n) is 18.2. The second kappa shape index (κ2) is 10.0. The van der Waals surface area contributed by atoms with Gasteiger partial charge in [-0.2, -0.15) is 0 Å². The van der Waals surface area contributed by atoms with Crippen LogP contribution in [0, 0.1) is 5.92 Å². The van der Waals surface area contributed by atoms with Crippen LogP contribution in [0.1, 0.15) is 31.4 Å². The Morgan fingerprint density at radius 3 is 2.42 bits per heavy atom. The number of likely N-dealkylation sites (N-methyl/N-ethyl adjacent to an activating group) is 1. The molecule has 31 heavy (non-hydrogen) atoms. The third-order valence-corrected chi connectivity index (χ3v) is 6.47. The molecular formula is C24H32N4O3. The van der Waals surface area contributed by atoms with Gasteiger partial charge in [0.25, 0.3) is 0 Å². The Hall–Kier alpha value is -2.80. The highest BCUT2D eigenvalue weighted by Crippen LogP contribution is 2.32. The van der Waals surface area contributed by atoms with E-state index >= 15 is 0 Å². The minimum atomic E-state index is -0.123. The quantitative estimate of drug-likeness (QED) is 0.769. The van der Waals surface area contributed by atoms with E-state index < -0.39 is 0 Å². The molecule has 2 heterocycles. The van der Waals surface area contributed by atoms with Crippen LogP contribution in [0.5, 0.6) is 0 Å². The molecular weight excluding hydrogens is 392 g/mol. The number of amides is 3. The van der Waals surface area contributed by atoms with Crippen LogP contribution < -0.4 is 5.32 Å². The van der Waals surface area contributed by atoms with Gasteiger partial charge in [-0.1, -0.05) is 31.0 Å². The fourth-order valence-electron chi connectivity index (χ4n) is 4.80. The molecule has 1 saturated carbocycles. The molecule has 166 valence electrons. The molecule has 1 aliphatic carbocycles. The number of para-hydroxylation sites is 1. The molecule has 0 spiro atoms. The van der Waals surface area contributed by atoms with Crippen molar-refractivity contribution in [2.45, 2.75) is 38.3 Å². The van der Waals surface area contributed by atoms with E-state index in [0.29, 0.717) is 38.6 Å². The van der Waals surface area contributed by atoms with E-state index in [0.717, 1.165) is 24.3 Å². The predicted octanol–water partition coefficient (Wildman–Crippen LogP) is 3.65. The Bertz CT molecular complexity index is 841. The molecule has 1 aliphatic heterocycles. The number of nitrogens with one attached hydrogen (secondary N) is 1. The number of hydrogen-bond donors (Lipinski definition) is 1. The molecule has 0 radical (unpaired) electrons. The molecule has 1 saturated heterocycles. The van der Waals surface area contributed by atoms with Crippen LogP contribution in [0.3, 0.4) is 0 Å². The van der Waals surface area contributed by atoms with Crippen LogP contribution in [0.2, 0.25) is 0 Å². The minimum absolute atomic E-state index is 0.0791. The first-order chi connectivity index (χ1) is 15.1. The normalized spacial score (nSPS) is 18.7. The molecule has 1 unspecified atom stereocenters. The van der Waals surface area contributed by atoms with Crippen molar-refractivity contribution in [1.82, 2.24) is 14.7 Å². The second-order valence-electron chi connectivity index (χ2n) is 8.58. The average molecular weight is 425 g/mol. The first kappa shape index (κ1) is 21.4. The number of hydrogen-bond acceptors (Lipinski definition) is 4. The van der Waals surface area contributed by atoms with E-state index in [9.17, 15) is 9.59 Å². The standard InChI is InChI=1S/C24H32N4O3/c1-26(18-21-12-7-17-31-21)23(29)22(19-8-5-6-9-19)27-13-15-28(16-14-27)24(30)25-20-10-3-2-4-11-20/h2-4,7,10-12,17,19,22H,5-6,8-9,13-16,18H2,1H3,(H,25,30). The van der Waals surface area contributed by atoms with Crippen molar-refractivity contribution >= 4 is 17.6 Å². The number of benzene rings is 1. The summed E-state index contributed by atoms with van der Waals surface area (Å²) in [5, 5.41) is 2.96. The van der Waals surface area contributed by atoms with Gasteiger partial charge in [0.2, 0.25) is 5.91 Å². The van der Waals surface area contributed by atoms with Gasteiger partial charge in [-0.15, -0.1) is 0 Å². The number of nitrogens with zero attached hydrogens (tertiary/aromatic N) is 3. The van der Waals surface area contributed by atoms with Gasteiger partial charge in [-0.3, -0.25) is 9.69 Å². The van der Waals surface area contributed by atoms with E-state index in [1.807, 2.05) is 54.4 Å². The lowest BCUT2D eigenvalue weighted by atomic mass is 9.94. The number of piperazine rings is 1. The van der Waals surface area contributed by atoms with Crippen LogP contribution in [0.25, 0.3) is 0 Å². The van der Waals surface area contributed by atoms with Gasteiger partial charge in [-0.25, -0.2) is 4.79 Å². The highest BCUT2D eigenvalue weighted by Gasteiger charge is 2.38. The summed E-state index contributed by atoms with van der Waals surface area (Å²) >= 11 is 0. The third-order valence-electron chi connectivity index (χ3n) is 6.47. The molecule has 3 amide bonds. The van der Waals surface area contributed by atoms with Gasteiger partial charge < -0.3 is 19.5 Å². The first-order valence-corrected chi connectivity index (χ1v) is 11.2. The predicted molar refractivity (Wildman–Crippen MR) is 120 cm³/mol. The SMILES string of the molecule is CN(Cc1ccco1)C(=O)C(C1CCCC1)N1CCN(C(=O)Nc2ccccc2)CC1. The highest BCUT2D eigenvalue weighted by molar-refractivity contribution is 5.89. The molecule has 0 bridgehead atoms. The van der Waals surface area contributed by atoms with Crippen LogP contribution in [-0.2, 0) is 11.3 Å². The Morgan fingerprint density at radius 2 is 1.77 bits per heavy atom. The number of carbonyl (C=O) groups excluding carboxylic acids is 2. The Morgan fingerprint density at radius 1 is 1.06 bits per heavy atom. The summed E-state index contributed by atoms with van der Waals surface area (Å²) in [6.45, 7) is 3.15. The van der Waals surface area contributed by atoms with Gasteiger partial charge in [0.1, 0.15) is 5.76 Å². The summed E-state index contributed by atoms with van der Waals surface area (Å²) in [7, 11) is 1.86. The number of rotatable bonds is 6. The molecule has 4 rings (SSSR count). The monoisotopic (exact) mass is 424 g/mol. The Kier molecular flexibility index (Phi) is 6.92. The van der Waals surface area contributed by atoms with E-state index in [4.69, 9.17) is 4.42 Å². The van der Waals surface area contributed by atoms with E-state index in [1.54, 1.807) is 11.2 Å². The lowest BCUT2D eigenvalue weighted by Crippen LogP contribution is -2.58. The summed E-state index contributed by atoms with van der Waals surface area (Å²) < 4.78 is 5.44. The molecule has 1 atom stereocenters. The first-order valence-electron chi connectivity index (χ1n) is 11.2. The lowest BCUT2D eigenvalue weighted by molar-refractivity contribution is -0.139. The fraction of sp³-hybridized carbons (Fsp3) is 0.500. The van der Waals surface area contributed by atoms with Crippen LogP contribution in [-0.4, -0.2) is 65.9 Å². The maximum Gasteiger partial charge on any atom is 0.321 e. The summed E-state index contributed by atoms with van der Waals surface area (Å²) in [5.74, 6) is 1.34. The zero-order chi connectivity index (χ0) is 21.6. The maximum atomic E-state index is 13.5. The maximum absolute atomic E-state index is 13.5. The number of carbonyl (C=O) groups is 2. The van der Waals surface area contributed by atoms with Crippen molar-refractivity contribution < 1.29 is 14.0 Å². The van der Waals surface area contributed by atoms with Crippen LogP contribution in [0.15, 0.2) is 53.1 Å². The molecule has 1 N–H and O–H groups in total. The third kappa shape index (κ3) is 5.28. The van der Waals surface area contributed by atoms with Gasteiger partial charge in [-0.05, 0) is 43.0 Å². The van der Waals surface area contributed by atoms with Crippen molar-refractivity contribution in [1.29, 1.82) is 0 Å². The number of furan rings is 1. The fourth-order valence-corrected chi connectivity index (χ4v) is 4.80. The Labute approximate surface area is 184 Å². The van der Waals surface area contributed by atoms with Crippen molar-refractivity contribution in [3.8, 4) is 0 Å². The molecule has 2 fully saturated rings. The molecule has 1 aromatic heterocycles. The molecule has 7 nitrogen and oxygen atoms in total.